The average Bonchev–Trinajstić information content (AvgIpc) is 2.91. The minimum atomic E-state index is 0.757. The first-order chi connectivity index (χ1) is 17.6. The monoisotopic (exact) mass is 468 g/mol. The quantitative estimate of drug-likeness (QED) is 0.201. The summed E-state index contributed by atoms with van der Waals surface area (Å²) in [4.78, 5) is 0. The van der Waals surface area contributed by atoms with Crippen molar-refractivity contribution in [2.45, 2.75) is 0 Å². The highest BCUT2D eigenvalue weighted by atomic mass is 16.5. The molecule has 0 aromatic heterocycles. The van der Waals surface area contributed by atoms with Crippen LogP contribution in [0.4, 0.5) is 11.4 Å². The summed E-state index contributed by atoms with van der Waals surface area (Å²) in [5.74, 6) is 1.63. The standard InChI is InChI=1S/C32H24N2O2/c1-35-21-9-5-19-13-27(33)23-11-7-17-3-4-18-8-12-24-28(34)14-20-6-10-22(36-2)16-26(20)32(24)30(18)29(17)31(23)25(19)15-21/h3-16H,33-34H2,1-2H3. The van der Waals surface area contributed by atoms with E-state index in [0.29, 0.717) is 0 Å². The van der Waals surface area contributed by atoms with Crippen molar-refractivity contribution in [2.75, 3.05) is 25.7 Å². The van der Waals surface area contributed by atoms with E-state index in [9.17, 15) is 0 Å². The minimum absolute atomic E-state index is 0.757. The van der Waals surface area contributed by atoms with Crippen LogP contribution in [0.15, 0.2) is 84.9 Å². The molecule has 4 N–H and O–H groups in total. The lowest BCUT2D eigenvalue weighted by Crippen LogP contribution is -1.93. The van der Waals surface area contributed by atoms with Crippen molar-refractivity contribution in [3.63, 3.8) is 0 Å². The molecule has 174 valence electrons. The van der Waals surface area contributed by atoms with Crippen molar-refractivity contribution < 1.29 is 9.47 Å². The third-order valence-electron chi connectivity index (χ3n) is 7.47. The summed E-state index contributed by atoms with van der Waals surface area (Å²) in [6.07, 6.45) is 0. The lowest BCUT2D eigenvalue weighted by Gasteiger charge is -2.17. The fourth-order valence-electron chi connectivity index (χ4n) is 5.77. The molecule has 4 nitrogen and oxygen atoms in total. The van der Waals surface area contributed by atoms with Crippen molar-refractivity contribution in [1.82, 2.24) is 0 Å². The zero-order chi connectivity index (χ0) is 24.6. The van der Waals surface area contributed by atoms with Crippen LogP contribution >= 0.6 is 0 Å². The fourth-order valence-corrected chi connectivity index (χ4v) is 5.77. The molecule has 0 atom stereocenters. The topological polar surface area (TPSA) is 70.5 Å². The Kier molecular flexibility index (Phi) is 4.24. The van der Waals surface area contributed by atoms with Crippen molar-refractivity contribution in [2.24, 2.45) is 0 Å². The van der Waals surface area contributed by atoms with Crippen molar-refractivity contribution in [3.05, 3.63) is 84.9 Å². The lowest BCUT2D eigenvalue weighted by molar-refractivity contribution is 0.415. The van der Waals surface area contributed by atoms with Crippen LogP contribution in [0.5, 0.6) is 11.5 Å². The maximum atomic E-state index is 6.63. The van der Waals surface area contributed by atoms with E-state index in [4.69, 9.17) is 20.9 Å². The molecule has 0 bridgehead atoms. The van der Waals surface area contributed by atoms with Crippen LogP contribution in [0.1, 0.15) is 0 Å². The molecule has 0 aliphatic carbocycles. The maximum Gasteiger partial charge on any atom is 0.119 e. The first kappa shape index (κ1) is 20.7. The van der Waals surface area contributed by atoms with E-state index < -0.39 is 0 Å². The highest BCUT2D eigenvalue weighted by Gasteiger charge is 2.16. The molecule has 4 heteroatoms. The van der Waals surface area contributed by atoms with E-state index in [1.165, 1.54) is 0 Å². The van der Waals surface area contributed by atoms with Crippen LogP contribution in [0.3, 0.4) is 0 Å². The molecule has 7 aromatic rings. The summed E-state index contributed by atoms with van der Waals surface area (Å²) < 4.78 is 11.2. The molecule has 0 unspecified atom stereocenters. The van der Waals surface area contributed by atoms with E-state index in [1.807, 2.05) is 24.3 Å². The molecule has 7 rings (SSSR count). The zero-order valence-corrected chi connectivity index (χ0v) is 20.1. The van der Waals surface area contributed by atoms with Crippen molar-refractivity contribution >= 4 is 76.0 Å². The number of nitrogens with two attached hydrogens (primary N) is 2. The van der Waals surface area contributed by atoms with E-state index in [-0.39, 0.29) is 0 Å². The van der Waals surface area contributed by atoms with Crippen LogP contribution in [-0.4, -0.2) is 14.2 Å². The van der Waals surface area contributed by atoms with Crippen LogP contribution in [0.2, 0.25) is 0 Å². The number of methoxy groups -OCH3 is 2. The minimum Gasteiger partial charge on any atom is -0.497 e. The summed E-state index contributed by atoms with van der Waals surface area (Å²) >= 11 is 0. The molecule has 0 saturated carbocycles. The normalized spacial score (nSPS) is 11.8. The van der Waals surface area contributed by atoms with Crippen LogP contribution in [-0.2, 0) is 0 Å². The fraction of sp³-hybridized carbons (Fsp3) is 0.0625. The van der Waals surface area contributed by atoms with E-state index in [2.05, 4.69) is 60.7 Å². The molecular formula is C32H24N2O2. The van der Waals surface area contributed by atoms with Gasteiger partial charge in [0.05, 0.1) is 14.2 Å². The molecule has 0 saturated heterocycles. The summed E-state index contributed by atoms with van der Waals surface area (Å²) in [6.45, 7) is 0. The molecule has 0 heterocycles. The number of ether oxygens (including phenoxy) is 2. The highest BCUT2D eigenvalue weighted by Crippen LogP contribution is 2.44. The molecule has 0 radical (unpaired) electrons. The predicted octanol–water partition coefficient (Wildman–Crippen LogP) is 7.79. The second kappa shape index (κ2) is 7.40. The van der Waals surface area contributed by atoms with Crippen LogP contribution < -0.4 is 20.9 Å². The number of anilines is 2. The van der Waals surface area contributed by atoms with E-state index in [1.54, 1.807) is 14.2 Å². The number of fused-ring (bicyclic) bond motifs is 11. The van der Waals surface area contributed by atoms with Gasteiger partial charge in [0.1, 0.15) is 11.5 Å². The highest BCUT2D eigenvalue weighted by molar-refractivity contribution is 6.37. The smallest absolute Gasteiger partial charge is 0.119 e. The summed E-state index contributed by atoms with van der Waals surface area (Å²) in [5, 5.41) is 13.3. The van der Waals surface area contributed by atoms with Gasteiger partial charge in [-0.25, -0.2) is 0 Å². The first-order valence-corrected chi connectivity index (χ1v) is 11.9. The van der Waals surface area contributed by atoms with Gasteiger partial charge in [0, 0.05) is 32.9 Å². The Morgan fingerprint density at radius 2 is 0.806 bits per heavy atom. The van der Waals surface area contributed by atoms with Gasteiger partial charge in [0.2, 0.25) is 0 Å². The van der Waals surface area contributed by atoms with Crippen LogP contribution in [0.25, 0.3) is 64.6 Å². The predicted molar refractivity (Wildman–Crippen MR) is 153 cm³/mol. The van der Waals surface area contributed by atoms with Gasteiger partial charge in [0.15, 0.2) is 0 Å². The molecule has 0 fully saturated rings. The summed E-state index contributed by atoms with van der Waals surface area (Å²) in [6, 6.07) is 29.4. The van der Waals surface area contributed by atoms with Gasteiger partial charge in [-0.15, -0.1) is 0 Å². The third kappa shape index (κ3) is 2.75. The summed E-state index contributed by atoms with van der Waals surface area (Å²) in [7, 11) is 3.40. The molecular weight excluding hydrogens is 444 g/mol. The average molecular weight is 469 g/mol. The Morgan fingerprint density at radius 3 is 1.22 bits per heavy atom. The summed E-state index contributed by atoms with van der Waals surface area (Å²) in [5.41, 5.74) is 14.8. The molecule has 0 aliphatic rings. The van der Waals surface area contributed by atoms with Crippen molar-refractivity contribution in [3.8, 4) is 11.5 Å². The van der Waals surface area contributed by atoms with Gasteiger partial charge in [-0.2, -0.15) is 0 Å². The Hall–Kier alpha value is -4.70. The zero-order valence-electron chi connectivity index (χ0n) is 20.1. The second-order valence-electron chi connectivity index (χ2n) is 9.34. The van der Waals surface area contributed by atoms with Gasteiger partial charge in [-0.1, -0.05) is 48.5 Å². The number of benzene rings is 7. The second-order valence-corrected chi connectivity index (χ2v) is 9.34. The molecule has 0 amide bonds. The van der Waals surface area contributed by atoms with Gasteiger partial charge >= 0.3 is 0 Å². The first-order valence-electron chi connectivity index (χ1n) is 11.9. The Labute approximate surface area is 207 Å². The maximum absolute atomic E-state index is 6.63. The largest absolute Gasteiger partial charge is 0.497 e. The Bertz CT molecular complexity index is 1900. The van der Waals surface area contributed by atoms with Crippen LogP contribution in [0, 0.1) is 0 Å². The van der Waals surface area contributed by atoms with Gasteiger partial charge in [-0.05, 0) is 79.5 Å². The van der Waals surface area contributed by atoms with Gasteiger partial charge in [0.25, 0.3) is 0 Å². The number of hydrogen-bond acceptors (Lipinski definition) is 4. The molecule has 36 heavy (non-hydrogen) atoms. The molecule has 7 aromatic carbocycles. The lowest BCUT2D eigenvalue weighted by atomic mass is 9.88. The Balaban J connectivity index is 1.86. The van der Waals surface area contributed by atoms with E-state index in [0.717, 1.165) is 87.5 Å². The third-order valence-corrected chi connectivity index (χ3v) is 7.47. The van der Waals surface area contributed by atoms with Gasteiger partial charge in [-0.3, -0.25) is 0 Å². The SMILES string of the molecule is COc1ccc2cc(N)c3ccc4ccc5ccc6c(N)cc7ccc(OC)cc7c6c5c4c3c2c1. The molecule has 0 aliphatic heterocycles. The van der Waals surface area contributed by atoms with Gasteiger partial charge < -0.3 is 20.9 Å². The Morgan fingerprint density at radius 1 is 0.417 bits per heavy atom. The number of nitrogen functional groups attached to an aromatic ring is 2. The molecule has 0 spiro atoms. The number of hydrogen-bond donors (Lipinski definition) is 2. The van der Waals surface area contributed by atoms with E-state index >= 15 is 0 Å². The number of rotatable bonds is 2. The van der Waals surface area contributed by atoms with Crippen molar-refractivity contribution in [1.29, 1.82) is 0 Å².